The molecule has 106 valence electrons. The van der Waals surface area contributed by atoms with Crippen molar-refractivity contribution < 1.29 is 8.78 Å². The molecule has 1 aromatic rings. The number of benzene rings is 1. The highest BCUT2D eigenvalue weighted by atomic mass is 35.5. The molecule has 1 heterocycles. The van der Waals surface area contributed by atoms with Crippen molar-refractivity contribution >= 4 is 23.2 Å². The van der Waals surface area contributed by atoms with Crippen molar-refractivity contribution in [2.24, 2.45) is 0 Å². The van der Waals surface area contributed by atoms with Gasteiger partial charge in [-0.2, -0.15) is 0 Å². The first kappa shape index (κ1) is 15.0. The summed E-state index contributed by atoms with van der Waals surface area (Å²) in [6.07, 6.45) is -2.52. The zero-order chi connectivity index (χ0) is 13.8. The number of piperazine rings is 1. The molecule has 1 aliphatic heterocycles. The van der Waals surface area contributed by atoms with E-state index in [1.54, 1.807) is 18.2 Å². The fourth-order valence-corrected chi connectivity index (χ4v) is 2.68. The molecule has 0 bridgehead atoms. The van der Waals surface area contributed by atoms with E-state index in [1.165, 1.54) is 0 Å². The summed E-state index contributed by atoms with van der Waals surface area (Å²) in [5.74, 6) is 0. The molecule has 0 amide bonds. The standard InChI is InChI=1S/C13H16Cl2F2N2/c14-10-2-1-9(7-11(10)15)12(8-13(16)17)19-5-3-18-4-6-19/h1-2,7,12-13,18H,3-6,8H2/t12-/m1/s1. The lowest BCUT2D eigenvalue weighted by molar-refractivity contribution is 0.0739. The van der Waals surface area contributed by atoms with E-state index in [0.29, 0.717) is 10.0 Å². The Bertz CT molecular complexity index is 423. The van der Waals surface area contributed by atoms with E-state index in [9.17, 15) is 8.78 Å². The largest absolute Gasteiger partial charge is 0.314 e. The third-order valence-electron chi connectivity index (χ3n) is 3.32. The summed E-state index contributed by atoms with van der Waals surface area (Å²) in [5, 5.41) is 4.08. The maximum atomic E-state index is 12.8. The van der Waals surface area contributed by atoms with E-state index in [-0.39, 0.29) is 12.5 Å². The van der Waals surface area contributed by atoms with Gasteiger partial charge in [0.15, 0.2) is 0 Å². The van der Waals surface area contributed by atoms with E-state index < -0.39 is 6.43 Å². The fraction of sp³-hybridized carbons (Fsp3) is 0.538. The van der Waals surface area contributed by atoms with Gasteiger partial charge in [0.25, 0.3) is 0 Å². The summed E-state index contributed by atoms with van der Waals surface area (Å²) in [7, 11) is 0. The van der Waals surface area contributed by atoms with Gasteiger partial charge in [-0.05, 0) is 17.7 Å². The van der Waals surface area contributed by atoms with Crippen LogP contribution in [0.1, 0.15) is 18.0 Å². The predicted octanol–water partition coefficient (Wildman–Crippen LogP) is 3.59. The van der Waals surface area contributed by atoms with Crippen LogP contribution in [0.15, 0.2) is 18.2 Å². The van der Waals surface area contributed by atoms with Gasteiger partial charge in [-0.1, -0.05) is 29.3 Å². The van der Waals surface area contributed by atoms with Crippen LogP contribution < -0.4 is 5.32 Å². The lowest BCUT2D eigenvalue weighted by atomic mass is 10.0. The van der Waals surface area contributed by atoms with Crippen molar-refractivity contribution in [1.82, 2.24) is 10.2 Å². The molecule has 0 aromatic heterocycles. The van der Waals surface area contributed by atoms with E-state index in [0.717, 1.165) is 31.7 Å². The molecule has 1 atom stereocenters. The van der Waals surface area contributed by atoms with Crippen LogP contribution in [0.3, 0.4) is 0 Å². The van der Waals surface area contributed by atoms with E-state index in [2.05, 4.69) is 10.2 Å². The lowest BCUT2D eigenvalue weighted by Gasteiger charge is -2.35. The molecule has 1 aromatic carbocycles. The van der Waals surface area contributed by atoms with Crippen LogP contribution in [0.2, 0.25) is 10.0 Å². The van der Waals surface area contributed by atoms with Gasteiger partial charge in [0.05, 0.1) is 10.0 Å². The highest BCUT2D eigenvalue weighted by Gasteiger charge is 2.25. The van der Waals surface area contributed by atoms with Crippen LogP contribution in [0.4, 0.5) is 8.78 Å². The van der Waals surface area contributed by atoms with Gasteiger partial charge in [0.2, 0.25) is 6.43 Å². The molecule has 1 saturated heterocycles. The number of halogens is 4. The molecular weight excluding hydrogens is 293 g/mol. The normalized spacial score (nSPS) is 18.8. The van der Waals surface area contributed by atoms with Crippen molar-refractivity contribution in [2.75, 3.05) is 26.2 Å². The summed E-state index contributed by atoms with van der Waals surface area (Å²) < 4.78 is 25.6. The molecule has 0 unspecified atom stereocenters. The van der Waals surface area contributed by atoms with Crippen molar-refractivity contribution in [3.63, 3.8) is 0 Å². The predicted molar refractivity (Wildman–Crippen MR) is 74.3 cm³/mol. The van der Waals surface area contributed by atoms with Crippen LogP contribution in [-0.2, 0) is 0 Å². The monoisotopic (exact) mass is 308 g/mol. The van der Waals surface area contributed by atoms with Gasteiger partial charge >= 0.3 is 0 Å². The molecule has 2 rings (SSSR count). The number of alkyl halides is 2. The molecule has 1 aliphatic rings. The maximum Gasteiger partial charge on any atom is 0.240 e. The molecule has 19 heavy (non-hydrogen) atoms. The average Bonchev–Trinajstić information content (AvgIpc) is 2.40. The smallest absolute Gasteiger partial charge is 0.240 e. The molecular formula is C13H16Cl2F2N2. The highest BCUT2D eigenvalue weighted by molar-refractivity contribution is 6.42. The second-order valence-electron chi connectivity index (χ2n) is 4.60. The Balaban J connectivity index is 2.22. The highest BCUT2D eigenvalue weighted by Crippen LogP contribution is 2.32. The fourth-order valence-electron chi connectivity index (χ4n) is 2.38. The van der Waals surface area contributed by atoms with Crippen LogP contribution in [-0.4, -0.2) is 37.5 Å². The van der Waals surface area contributed by atoms with Gasteiger partial charge in [0.1, 0.15) is 0 Å². The van der Waals surface area contributed by atoms with Crippen molar-refractivity contribution in [1.29, 1.82) is 0 Å². The van der Waals surface area contributed by atoms with E-state index >= 15 is 0 Å². The van der Waals surface area contributed by atoms with Gasteiger partial charge in [0, 0.05) is 38.6 Å². The topological polar surface area (TPSA) is 15.3 Å². The van der Waals surface area contributed by atoms with Crippen LogP contribution in [0.25, 0.3) is 0 Å². The third kappa shape index (κ3) is 4.02. The minimum atomic E-state index is -2.34. The number of hydrogen-bond acceptors (Lipinski definition) is 2. The molecule has 0 saturated carbocycles. The maximum absolute atomic E-state index is 12.8. The Labute approximate surface area is 121 Å². The summed E-state index contributed by atoms with van der Waals surface area (Å²) in [5.41, 5.74) is 0.802. The molecule has 1 N–H and O–H groups in total. The Morgan fingerprint density at radius 1 is 1.16 bits per heavy atom. The van der Waals surface area contributed by atoms with Crippen LogP contribution >= 0.6 is 23.2 Å². The van der Waals surface area contributed by atoms with E-state index in [1.807, 2.05) is 0 Å². The summed E-state index contributed by atoms with van der Waals surface area (Å²) in [4.78, 5) is 2.07. The minimum Gasteiger partial charge on any atom is -0.314 e. The Kier molecular flexibility index (Phi) is 5.39. The Morgan fingerprint density at radius 3 is 2.42 bits per heavy atom. The molecule has 2 nitrogen and oxygen atoms in total. The quantitative estimate of drug-likeness (QED) is 0.914. The van der Waals surface area contributed by atoms with E-state index in [4.69, 9.17) is 23.2 Å². The number of nitrogens with zero attached hydrogens (tertiary/aromatic N) is 1. The first-order valence-electron chi connectivity index (χ1n) is 6.26. The van der Waals surface area contributed by atoms with Crippen LogP contribution in [0.5, 0.6) is 0 Å². The van der Waals surface area contributed by atoms with Crippen molar-refractivity contribution in [3.8, 4) is 0 Å². The van der Waals surface area contributed by atoms with Crippen molar-refractivity contribution in [3.05, 3.63) is 33.8 Å². The summed E-state index contributed by atoms with van der Waals surface area (Å²) in [6.45, 7) is 3.16. The Morgan fingerprint density at radius 2 is 1.84 bits per heavy atom. The Hall–Kier alpha value is -0.420. The van der Waals surface area contributed by atoms with Crippen LogP contribution in [0, 0.1) is 0 Å². The second kappa shape index (κ2) is 6.84. The summed E-state index contributed by atoms with van der Waals surface area (Å²) >= 11 is 11.9. The number of rotatable bonds is 4. The molecule has 6 heteroatoms. The lowest BCUT2D eigenvalue weighted by Crippen LogP contribution is -2.45. The van der Waals surface area contributed by atoms with Gasteiger partial charge < -0.3 is 5.32 Å². The first-order chi connectivity index (χ1) is 9.08. The minimum absolute atomic E-state index is 0.183. The second-order valence-corrected chi connectivity index (χ2v) is 5.42. The zero-order valence-corrected chi connectivity index (χ0v) is 11.9. The molecule has 1 fully saturated rings. The zero-order valence-electron chi connectivity index (χ0n) is 10.4. The number of hydrogen-bond donors (Lipinski definition) is 1. The molecule has 0 aliphatic carbocycles. The van der Waals surface area contributed by atoms with Gasteiger partial charge in [-0.3, -0.25) is 4.90 Å². The number of nitrogens with one attached hydrogen (secondary N) is 1. The average molecular weight is 309 g/mol. The molecule has 0 radical (unpaired) electrons. The van der Waals surface area contributed by atoms with Gasteiger partial charge in [-0.25, -0.2) is 8.78 Å². The van der Waals surface area contributed by atoms with Crippen molar-refractivity contribution in [2.45, 2.75) is 18.9 Å². The van der Waals surface area contributed by atoms with Gasteiger partial charge in [-0.15, -0.1) is 0 Å². The molecule has 0 spiro atoms. The summed E-state index contributed by atoms with van der Waals surface area (Å²) in [6, 6.07) is 4.83. The first-order valence-corrected chi connectivity index (χ1v) is 7.01. The third-order valence-corrected chi connectivity index (χ3v) is 4.06. The SMILES string of the molecule is FC(F)C[C@H](c1ccc(Cl)c(Cl)c1)N1CCNCC1.